The van der Waals surface area contributed by atoms with Gasteiger partial charge in [-0.05, 0) is 51.9 Å². The molecule has 0 unspecified atom stereocenters. The minimum atomic E-state index is 1.08. The number of hydrogen-bond acceptors (Lipinski definition) is 3. The van der Waals surface area contributed by atoms with Crippen molar-refractivity contribution in [3.63, 3.8) is 0 Å². The molecule has 0 N–H and O–H groups in total. The molecule has 1 aromatic heterocycles. The highest BCUT2D eigenvalue weighted by atomic mass is 16.3. The highest BCUT2D eigenvalue weighted by Crippen LogP contribution is 2.20. The Hall–Kier alpha value is -0.800. The monoisotopic (exact) mass is 234 g/mol. The lowest BCUT2D eigenvalue weighted by atomic mass is 10.2. The standard InChI is InChI=1S/C14H22N2O/c1-2-6-15(5-1)9-13-11-17-12-14(13)10-16-7-3-4-8-16/h11-12H,1-10H2. The molecule has 1 aromatic rings. The Morgan fingerprint density at radius 3 is 1.59 bits per heavy atom. The second kappa shape index (κ2) is 5.23. The fourth-order valence-corrected chi connectivity index (χ4v) is 2.99. The van der Waals surface area contributed by atoms with Crippen LogP contribution in [0.5, 0.6) is 0 Å². The molecule has 0 spiro atoms. The molecular formula is C14H22N2O. The first-order valence-corrected chi connectivity index (χ1v) is 6.90. The van der Waals surface area contributed by atoms with Gasteiger partial charge < -0.3 is 4.42 Å². The fourth-order valence-electron chi connectivity index (χ4n) is 2.99. The molecule has 2 aliphatic heterocycles. The zero-order chi connectivity index (χ0) is 11.5. The summed E-state index contributed by atoms with van der Waals surface area (Å²) in [6, 6.07) is 0. The summed E-state index contributed by atoms with van der Waals surface area (Å²) in [5.41, 5.74) is 2.80. The van der Waals surface area contributed by atoms with Crippen LogP contribution in [0.2, 0.25) is 0 Å². The molecule has 94 valence electrons. The van der Waals surface area contributed by atoms with Crippen LogP contribution < -0.4 is 0 Å². The number of nitrogens with zero attached hydrogens (tertiary/aromatic N) is 2. The van der Waals surface area contributed by atoms with Gasteiger partial charge in [0.05, 0.1) is 12.5 Å². The van der Waals surface area contributed by atoms with Gasteiger partial charge in [0, 0.05) is 24.2 Å². The SMILES string of the molecule is c1occ(CN2CCCC2)c1CN1CCCC1. The van der Waals surface area contributed by atoms with E-state index in [1.54, 1.807) is 0 Å². The molecule has 2 saturated heterocycles. The van der Waals surface area contributed by atoms with Gasteiger partial charge in [0.15, 0.2) is 0 Å². The lowest BCUT2D eigenvalue weighted by molar-refractivity contribution is 0.315. The van der Waals surface area contributed by atoms with Crippen molar-refractivity contribution < 1.29 is 4.42 Å². The molecule has 0 amide bonds. The van der Waals surface area contributed by atoms with Crippen molar-refractivity contribution in [3.8, 4) is 0 Å². The van der Waals surface area contributed by atoms with Crippen molar-refractivity contribution in [3.05, 3.63) is 23.7 Å². The molecule has 0 bridgehead atoms. The third kappa shape index (κ3) is 2.72. The van der Waals surface area contributed by atoms with Gasteiger partial charge >= 0.3 is 0 Å². The lowest BCUT2D eigenvalue weighted by Crippen LogP contribution is -2.22. The van der Waals surface area contributed by atoms with Gasteiger partial charge in [-0.1, -0.05) is 0 Å². The Kier molecular flexibility index (Phi) is 3.48. The molecule has 3 rings (SSSR count). The van der Waals surface area contributed by atoms with Gasteiger partial charge in [-0.2, -0.15) is 0 Å². The molecule has 2 fully saturated rings. The van der Waals surface area contributed by atoms with E-state index in [1.807, 2.05) is 12.5 Å². The summed E-state index contributed by atoms with van der Waals surface area (Å²) in [7, 11) is 0. The Morgan fingerprint density at radius 2 is 1.18 bits per heavy atom. The molecular weight excluding hydrogens is 212 g/mol. The highest BCUT2D eigenvalue weighted by molar-refractivity contribution is 5.21. The van der Waals surface area contributed by atoms with E-state index in [1.165, 1.54) is 63.0 Å². The molecule has 0 aliphatic carbocycles. The van der Waals surface area contributed by atoms with Crippen LogP contribution in [0.25, 0.3) is 0 Å². The molecule has 17 heavy (non-hydrogen) atoms. The largest absolute Gasteiger partial charge is 0.472 e. The number of likely N-dealkylation sites (tertiary alicyclic amines) is 2. The Bertz CT molecular complexity index is 316. The molecule has 0 radical (unpaired) electrons. The normalized spacial score (nSPS) is 22.6. The van der Waals surface area contributed by atoms with E-state index in [0.717, 1.165) is 13.1 Å². The van der Waals surface area contributed by atoms with E-state index in [4.69, 9.17) is 4.42 Å². The Morgan fingerprint density at radius 1 is 0.765 bits per heavy atom. The van der Waals surface area contributed by atoms with E-state index < -0.39 is 0 Å². The molecule has 3 nitrogen and oxygen atoms in total. The van der Waals surface area contributed by atoms with E-state index in [-0.39, 0.29) is 0 Å². The van der Waals surface area contributed by atoms with Crippen molar-refractivity contribution in [2.75, 3.05) is 26.2 Å². The van der Waals surface area contributed by atoms with Crippen LogP contribution in [0.4, 0.5) is 0 Å². The van der Waals surface area contributed by atoms with Crippen LogP contribution in [0.1, 0.15) is 36.8 Å². The third-order valence-corrected chi connectivity index (χ3v) is 4.02. The maximum atomic E-state index is 5.41. The molecule has 0 saturated carbocycles. The van der Waals surface area contributed by atoms with Crippen molar-refractivity contribution in [1.82, 2.24) is 9.80 Å². The van der Waals surface area contributed by atoms with E-state index >= 15 is 0 Å². The summed E-state index contributed by atoms with van der Waals surface area (Å²) >= 11 is 0. The first-order chi connectivity index (χ1) is 8.42. The number of furan rings is 1. The summed E-state index contributed by atoms with van der Waals surface area (Å²) in [4.78, 5) is 5.08. The van der Waals surface area contributed by atoms with E-state index in [2.05, 4.69) is 9.80 Å². The van der Waals surface area contributed by atoms with E-state index in [0.29, 0.717) is 0 Å². The minimum absolute atomic E-state index is 1.08. The molecule has 3 heteroatoms. The lowest BCUT2D eigenvalue weighted by Gasteiger charge is -2.17. The summed E-state index contributed by atoms with van der Waals surface area (Å²) in [6.07, 6.45) is 9.34. The van der Waals surface area contributed by atoms with Crippen LogP contribution in [0, 0.1) is 0 Å². The predicted octanol–water partition coefficient (Wildman–Crippen LogP) is 2.47. The van der Waals surface area contributed by atoms with E-state index in [9.17, 15) is 0 Å². The molecule has 0 atom stereocenters. The maximum Gasteiger partial charge on any atom is 0.0951 e. The first-order valence-electron chi connectivity index (χ1n) is 6.90. The molecule has 2 aliphatic rings. The molecule has 3 heterocycles. The second-order valence-corrected chi connectivity index (χ2v) is 5.39. The number of rotatable bonds is 4. The summed E-state index contributed by atoms with van der Waals surface area (Å²) < 4.78 is 5.41. The predicted molar refractivity (Wildman–Crippen MR) is 67.7 cm³/mol. The van der Waals surface area contributed by atoms with Crippen LogP contribution in [-0.4, -0.2) is 36.0 Å². The Labute approximate surface area is 103 Å². The summed E-state index contributed by atoms with van der Waals surface area (Å²) in [5, 5.41) is 0. The smallest absolute Gasteiger partial charge is 0.0951 e. The maximum absolute atomic E-state index is 5.41. The Balaban J connectivity index is 1.61. The summed E-state index contributed by atoms with van der Waals surface area (Å²) in [5.74, 6) is 0. The average molecular weight is 234 g/mol. The van der Waals surface area contributed by atoms with Crippen LogP contribution in [0.15, 0.2) is 16.9 Å². The quantitative estimate of drug-likeness (QED) is 0.798. The highest BCUT2D eigenvalue weighted by Gasteiger charge is 2.18. The number of hydrogen-bond donors (Lipinski definition) is 0. The first kappa shape index (κ1) is 11.3. The fraction of sp³-hybridized carbons (Fsp3) is 0.714. The average Bonchev–Trinajstić information content (AvgIpc) is 3.04. The van der Waals surface area contributed by atoms with Gasteiger partial charge in [0.1, 0.15) is 0 Å². The van der Waals surface area contributed by atoms with Gasteiger partial charge in [0.25, 0.3) is 0 Å². The van der Waals surface area contributed by atoms with Crippen molar-refractivity contribution in [1.29, 1.82) is 0 Å². The van der Waals surface area contributed by atoms with Crippen LogP contribution >= 0.6 is 0 Å². The topological polar surface area (TPSA) is 19.6 Å². The second-order valence-electron chi connectivity index (χ2n) is 5.39. The zero-order valence-electron chi connectivity index (χ0n) is 10.5. The summed E-state index contributed by atoms with van der Waals surface area (Å²) in [6.45, 7) is 7.20. The van der Waals surface area contributed by atoms with Crippen molar-refractivity contribution in [2.24, 2.45) is 0 Å². The molecule has 0 aromatic carbocycles. The zero-order valence-corrected chi connectivity index (χ0v) is 10.5. The van der Waals surface area contributed by atoms with Crippen LogP contribution in [0.3, 0.4) is 0 Å². The van der Waals surface area contributed by atoms with Gasteiger partial charge in [-0.3, -0.25) is 9.80 Å². The minimum Gasteiger partial charge on any atom is -0.472 e. The van der Waals surface area contributed by atoms with Crippen molar-refractivity contribution >= 4 is 0 Å². The van der Waals surface area contributed by atoms with Gasteiger partial charge in [0.2, 0.25) is 0 Å². The third-order valence-electron chi connectivity index (χ3n) is 4.02. The van der Waals surface area contributed by atoms with Gasteiger partial charge in [-0.25, -0.2) is 0 Å². The van der Waals surface area contributed by atoms with Crippen LogP contribution in [-0.2, 0) is 13.1 Å². The van der Waals surface area contributed by atoms with Gasteiger partial charge in [-0.15, -0.1) is 0 Å². The van der Waals surface area contributed by atoms with Crippen molar-refractivity contribution in [2.45, 2.75) is 38.8 Å².